The average molecular weight is 519 g/mol. The minimum atomic E-state index is -0.926. The van der Waals surface area contributed by atoms with Gasteiger partial charge in [-0.15, -0.1) is 0 Å². The highest BCUT2D eigenvalue weighted by Gasteiger charge is 2.56. The average Bonchev–Trinajstić information content (AvgIpc) is 3.19. The van der Waals surface area contributed by atoms with E-state index in [0.717, 1.165) is 12.0 Å². The van der Waals surface area contributed by atoms with E-state index >= 15 is 0 Å². The summed E-state index contributed by atoms with van der Waals surface area (Å²) in [4.78, 5) is 45.4. The molecule has 1 aliphatic carbocycles. The monoisotopic (exact) mass is 518 g/mol. The van der Waals surface area contributed by atoms with Crippen molar-refractivity contribution in [2.75, 3.05) is 13.1 Å². The van der Waals surface area contributed by atoms with Crippen molar-refractivity contribution in [2.45, 2.75) is 88.8 Å². The fraction of sp³-hybridized carbons (Fsp3) is 0.607. The molecule has 200 valence electrons. The molecule has 10 heteroatoms. The summed E-state index contributed by atoms with van der Waals surface area (Å²) in [7, 11) is 0. The lowest BCUT2D eigenvalue weighted by Gasteiger charge is -2.39. The number of piperidine rings is 1. The van der Waals surface area contributed by atoms with Crippen LogP contribution in [0.5, 0.6) is 0 Å². The third-order valence-electron chi connectivity index (χ3n) is 8.14. The molecule has 3 amide bonds. The summed E-state index contributed by atoms with van der Waals surface area (Å²) >= 11 is 0. The number of hydrogen-bond acceptors (Lipinski definition) is 7. The molecule has 2 bridgehead atoms. The molecule has 4 fully saturated rings. The molecule has 10 nitrogen and oxygen atoms in total. The summed E-state index contributed by atoms with van der Waals surface area (Å²) in [6, 6.07) is 9.72. The van der Waals surface area contributed by atoms with E-state index in [4.69, 9.17) is 4.74 Å². The number of piperazine rings is 1. The number of rotatable bonds is 6. The molecule has 5 rings (SSSR count). The minimum Gasteiger partial charge on any atom is -0.444 e. The van der Waals surface area contributed by atoms with Gasteiger partial charge in [0.1, 0.15) is 17.7 Å². The van der Waals surface area contributed by atoms with E-state index < -0.39 is 29.8 Å². The van der Waals surface area contributed by atoms with Crippen LogP contribution in [0.1, 0.15) is 64.1 Å². The quantitative estimate of drug-likeness (QED) is 0.612. The zero-order chi connectivity index (χ0) is 27.4. The van der Waals surface area contributed by atoms with Gasteiger partial charge >= 0.3 is 6.09 Å². The predicted molar refractivity (Wildman–Crippen MR) is 136 cm³/mol. The van der Waals surface area contributed by atoms with Crippen molar-refractivity contribution >= 4 is 17.9 Å². The van der Waals surface area contributed by atoms with Gasteiger partial charge in [0.15, 0.2) is 0 Å². The number of nitriles is 2. The zero-order valence-electron chi connectivity index (χ0n) is 22.3. The van der Waals surface area contributed by atoms with E-state index in [-0.39, 0.29) is 36.5 Å². The number of nitrogens with one attached hydrogen (secondary N) is 1. The number of nitrogens with zero attached hydrogens (tertiary/aromatic N) is 5. The summed E-state index contributed by atoms with van der Waals surface area (Å²) < 4.78 is 5.43. The van der Waals surface area contributed by atoms with E-state index in [1.54, 1.807) is 31.7 Å². The molecular formula is C28H34N6O4. The van der Waals surface area contributed by atoms with E-state index in [1.165, 1.54) is 0 Å². The smallest absolute Gasteiger partial charge is 0.408 e. The lowest BCUT2D eigenvalue weighted by molar-refractivity contribution is -0.141. The van der Waals surface area contributed by atoms with Crippen molar-refractivity contribution in [3.8, 4) is 12.1 Å². The maximum absolute atomic E-state index is 13.7. The minimum absolute atomic E-state index is 0.0158. The van der Waals surface area contributed by atoms with Gasteiger partial charge in [-0.3, -0.25) is 14.5 Å². The first-order valence-electron chi connectivity index (χ1n) is 13.3. The normalized spacial score (nSPS) is 29.3. The molecule has 1 N–H and O–H groups in total. The van der Waals surface area contributed by atoms with Crippen LogP contribution in [0.15, 0.2) is 24.3 Å². The Morgan fingerprint density at radius 3 is 2.63 bits per heavy atom. The molecule has 6 unspecified atom stereocenters. The molecule has 4 aliphatic rings. The van der Waals surface area contributed by atoms with E-state index in [2.05, 4.69) is 17.5 Å². The van der Waals surface area contributed by atoms with E-state index in [1.807, 2.05) is 34.9 Å². The summed E-state index contributed by atoms with van der Waals surface area (Å²) in [5.41, 5.74) is 0.731. The number of hydrogen-bond donors (Lipinski definition) is 1. The Hall–Kier alpha value is -3.63. The van der Waals surface area contributed by atoms with Crippen LogP contribution >= 0.6 is 0 Å². The molecule has 1 saturated carbocycles. The molecule has 0 aromatic heterocycles. The maximum atomic E-state index is 13.7. The second kappa shape index (κ2) is 9.59. The molecule has 38 heavy (non-hydrogen) atoms. The molecule has 3 saturated heterocycles. The number of likely N-dealkylation sites (tertiary alicyclic amines) is 3. The summed E-state index contributed by atoms with van der Waals surface area (Å²) in [5, 5.41) is 21.6. The number of amides is 3. The van der Waals surface area contributed by atoms with Gasteiger partial charge in [0.2, 0.25) is 11.8 Å². The Morgan fingerprint density at radius 2 is 1.97 bits per heavy atom. The van der Waals surface area contributed by atoms with Gasteiger partial charge in [-0.25, -0.2) is 4.79 Å². The lowest BCUT2D eigenvalue weighted by Crippen LogP contribution is -2.59. The van der Waals surface area contributed by atoms with Gasteiger partial charge in [0.05, 0.1) is 29.8 Å². The van der Waals surface area contributed by atoms with Crippen molar-refractivity contribution in [1.82, 2.24) is 20.0 Å². The van der Waals surface area contributed by atoms with Crippen molar-refractivity contribution in [2.24, 2.45) is 5.92 Å². The third kappa shape index (κ3) is 4.81. The maximum Gasteiger partial charge on any atom is 0.408 e. The zero-order valence-corrected chi connectivity index (χ0v) is 22.3. The van der Waals surface area contributed by atoms with E-state index in [0.29, 0.717) is 30.9 Å². The van der Waals surface area contributed by atoms with Crippen LogP contribution in [-0.2, 0) is 14.3 Å². The van der Waals surface area contributed by atoms with Crippen LogP contribution < -0.4 is 5.32 Å². The molecule has 3 aliphatic heterocycles. The largest absolute Gasteiger partial charge is 0.444 e. The second-order valence-electron chi connectivity index (χ2n) is 11.9. The Kier molecular flexibility index (Phi) is 6.56. The van der Waals surface area contributed by atoms with Gasteiger partial charge in [0, 0.05) is 25.2 Å². The highest BCUT2D eigenvalue weighted by Crippen LogP contribution is 2.48. The van der Waals surface area contributed by atoms with Gasteiger partial charge in [-0.1, -0.05) is 12.1 Å². The molecule has 0 radical (unpaired) electrons. The van der Waals surface area contributed by atoms with Crippen LogP contribution in [0.25, 0.3) is 0 Å². The van der Waals surface area contributed by atoms with Crippen LogP contribution in [-0.4, -0.2) is 81.5 Å². The van der Waals surface area contributed by atoms with Crippen molar-refractivity contribution in [3.63, 3.8) is 0 Å². The summed E-state index contributed by atoms with van der Waals surface area (Å²) in [6.45, 7) is 7.98. The molecular weight excluding hydrogens is 484 g/mol. The molecule has 3 heterocycles. The number of alkyl carbamates (subject to hydrolysis) is 1. The van der Waals surface area contributed by atoms with Crippen LogP contribution in [0.4, 0.5) is 4.79 Å². The highest BCUT2D eigenvalue weighted by atomic mass is 16.6. The summed E-state index contributed by atoms with van der Waals surface area (Å²) in [6.07, 6.45) is 1.50. The Balaban J connectivity index is 1.31. The van der Waals surface area contributed by atoms with Gasteiger partial charge in [0.25, 0.3) is 0 Å². The Labute approximate surface area is 223 Å². The van der Waals surface area contributed by atoms with Gasteiger partial charge in [-0.2, -0.15) is 10.5 Å². The first kappa shape index (κ1) is 26.0. The number of benzene rings is 1. The fourth-order valence-corrected chi connectivity index (χ4v) is 6.37. The Bertz CT molecular complexity index is 1230. The lowest BCUT2D eigenvalue weighted by atomic mass is 10.0. The van der Waals surface area contributed by atoms with Crippen molar-refractivity contribution in [3.05, 3.63) is 35.4 Å². The third-order valence-corrected chi connectivity index (χ3v) is 8.14. The molecule has 0 spiro atoms. The summed E-state index contributed by atoms with van der Waals surface area (Å²) in [5.74, 6) is 0.0452. The first-order chi connectivity index (χ1) is 18.0. The van der Waals surface area contributed by atoms with E-state index in [9.17, 15) is 24.9 Å². The van der Waals surface area contributed by atoms with Crippen LogP contribution in [0.3, 0.4) is 0 Å². The van der Waals surface area contributed by atoms with Crippen molar-refractivity contribution in [1.29, 1.82) is 10.5 Å². The topological polar surface area (TPSA) is 130 Å². The number of carbonyl (C=O) groups excluding carboxylic acids is 3. The molecule has 1 aromatic carbocycles. The van der Waals surface area contributed by atoms with Crippen LogP contribution in [0.2, 0.25) is 0 Å². The second-order valence-corrected chi connectivity index (χ2v) is 11.9. The predicted octanol–water partition coefficient (Wildman–Crippen LogP) is 2.31. The number of carbonyl (C=O) groups is 3. The van der Waals surface area contributed by atoms with Gasteiger partial charge in [-0.05, 0) is 70.6 Å². The number of ether oxygens (including phenoxy) is 1. The molecule has 1 aromatic rings. The Morgan fingerprint density at radius 1 is 1.21 bits per heavy atom. The fourth-order valence-electron chi connectivity index (χ4n) is 6.37. The number of fused-ring (bicyclic) bond motifs is 3. The van der Waals surface area contributed by atoms with Gasteiger partial charge < -0.3 is 19.9 Å². The highest BCUT2D eigenvalue weighted by molar-refractivity contribution is 5.89. The first-order valence-corrected chi connectivity index (χ1v) is 13.3. The SMILES string of the molecule is CC(c1cccc(C#N)c1)N1C(=O)C2C[C@H]1CN2CC(NC(=O)OC(C)(C)C)C(=O)N1C(C#N)CC2CC21. The van der Waals surface area contributed by atoms with Crippen molar-refractivity contribution < 1.29 is 19.1 Å². The van der Waals surface area contributed by atoms with Crippen LogP contribution in [0, 0.1) is 28.6 Å². The molecule has 7 atom stereocenters. The standard InChI is InChI=1S/C28H34N6O4/c1-16(18-7-5-6-17(8-18)12-29)33-21-11-24(26(33)36)32(14-21)15-22(31-27(37)38-28(2,3)4)25(35)34-20(13-30)9-19-10-23(19)34/h5-8,16,19-24H,9-11,14-15H2,1-4H3,(H,31,37)/t16?,19?,20?,21-,22?,23?,24?/m0/s1.